The van der Waals surface area contributed by atoms with Crippen molar-refractivity contribution in [1.29, 1.82) is 0 Å². The average molecular weight is 561 g/mol. The second kappa shape index (κ2) is 11.9. The van der Waals surface area contributed by atoms with Gasteiger partial charge in [0.2, 0.25) is 11.9 Å². The van der Waals surface area contributed by atoms with Gasteiger partial charge in [0, 0.05) is 29.8 Å². The lowest BCUT2D eigenvalue weighted by Gasteiger charge is -2.26. The van der Waals surface area contributed by atoms with Crippen LogP contribution in [0.1, 0.15) is 45.5 Å². The minimum Gasteiger partial charge on any atom is -0.497 e. The number of ether oxygens (including phenoxy) is 1. The van der Waals surface area contributed by atoms with Gasteiger partial charge in [-0.3, -0.25) is 9.59 Å². The van der Waals surface area contributed by atoms with Crippen LogP contribution in [0.2, 0.25) is 5.02 Å². The van der Waals surface area contributed by atoms with E-state index in [1.54, 1.807) is 25.1 Å². The van der Waals surface area contributed by atoms with Crippen LogP contribution in [-0.2, 0) is 11.3 Å². The molecule has 0 spiro atoms. The third-order valence-electron chi connectivity index (χ3n) is 6.37. The number of aliphatic hydroxyl groups excluding tert-OH is 2. The molecule has 1 aliphatic rings. The van der Waals surface area contributed by atoms with Gasteiger partial charge < -0.3 is 30.5 Å². The minimum absolute atomic E-state index is 0.0851. The zero-order valence-corrected chi connectivity index (χ0v) is 21.9. The van der Waals surface area contributed by atoms with E-state index in [9.17, 15) is 24.2 Å². The highest BCUT2D eigenvalue weighted by atomic mass is 35.5. The van der Waals surface area contributed by atoms with Crippen LogP contribution in [0.15, 0.2) is 42.6 Å². The number of anilines is 1. The Balaban J connectivity index is 1.51. The summed E-state index contributed by atoms with van der Waals surface area (Å²) >= 11 is 6.34. The molecule has 0 saturated heterocycles. The molecule has 39 heavy (non-hydrogen) atoms. The maximum Gasteiger partial charge on any atom is 0.255 e. The number of amides is 2. The first kappa shape index (κ1) is 24.3. The summed E-state index contributed by atoms with van der Waals surface area (Å²) < 4.78 is 40.6. The normalized spacial score (nSPS) is 16.4. The van der Waals surface area contributed by atoms with Crippen LogP contribution >= 0.6 is 11.6 Å². The van der Waals surface area contributed by atoms with E-state index in [1.807, 2.05) is 0 Å². The number of rotatable bonds is 10. The van der Waals surface area contributed by atoms with Crippen LogP contribution in [0.3, 0.4) is 0 Å². The van der Waals surface area contributed by atoms with Crippen molar-refractivity contribution in [1.82, 2.24) is 20.2 Å². The molecule has 2 heterocycles. The lowest BCUT2D eigenvalue weighted by atomic mass is 10.0. The highest BCUT2D eigenvalue weighted by Gasteiger charge is 2.35. The summed E-state index contributed by atoms with van der Waals surface area (Å²) in [6.45, 7) is 2.66. The number of nitrogens with one attached hydrogen (secondary N) is 2. The molecule has 2 amide bonds. The molecule has 3 unspecified atom stereocenters. The molecule has 3 aromatic rings. The largest absolute Gasteiger partial charge is 0.497 e. The molecule has 0 bridgehead atoms. The molecule has 206 valence electrons. The smallest absolute Gasteiger partial charge is 0.255 e. The minimum atomic E-state index is -2.82. The second-order valence-electron chi connectivity index (χ2n) is 9.17. The molecule has 0 fully saturated rings. The van der Waals surface area contributed by atoms with Gasteiger partial charge in [-0.05, 0) is 43.2 Å². The van der Waals surface area contributed by atoms with Gasteiger partial charge in [0.1, 0.15) is 17.6 Å². The fourth-order valence-corrected chi connectivity index (χ4v) is 4.40. The van der Waals surface area contributed by atoms with Gasteiger partial charge in [0.15, 0.2) is 0 Å². The van der Waals surface area contributed by atoms with E-state index in [4.69, 9.17) is 20.5 Å². The van der Waals surface area contributed by atoms with Crippen molar-refractivity contribution in [3.05, 3.63) is 70.1 Å². The van der Waals surface area contributed by atoms with Crippen LogP contribution in [0.5, 0.6) is 5.75 Å². The molecule has 3 atom stereocenters. The van der Waals surface area contributed by atoms with Crippen molar-refractivity contribution in [3.63, 3.8) is 0 Å². The van der Waals surface area contributed by atoms with Crippen LogP contribution in [0.25, 0.3) is 11.3 Å². The van der Waals surface area contributed by atoms with Gasteiger partial charge in [-0.15, -0.1) is 0 Å². The van der Waals surface area contributed by atoms with Gasteiger partial charge in [-0.2, -0.15) is 0 Å². The molecular formula is C27H29ClFN5O5. The van der Waals surface area contributed by atoms with E-state index in [-0.39, 0.29) is 41.5 Å². The Morgan fingerprint density at radius 3 is 2.77 bits per heavy atom. The van der Waals surface area contributed by atoms with Crippen molar-refractivity contribution in [2.75, 3.05) is 25.6 Å². The first-order chi connectivity index (χ1) is 19.8. The van der Waals surface area contributed by atoms with E-state index in [2.05, 4.69) is 20.6 Å². The Kier molecular flexibility index (Phi) is 7.42. The average Bonchev–Trinajstić information content (AvgIpc) is 3.26. The maximum absolute atomic E-state index is 14.2. The van der Waals surface area contributed by atoms with E-state index in [0.717, 1.165) is 12.1 Å². The van der Waals surface area contributed by atoms with Crippen LogP contribution in [-0.4, -0.2) is 69.2 Å². The first-order valence-corrected chi connectivity index (χ1v) is 12.4. The molecule has 12 heteroatoms. The molecule has 10 nitrogen and oxygen atoms in total. The van der Waals surface area contributed by atoms with Crippen LogP contribution in [0, 0.1) is 5.82 Å². The van der Waals surface area contributed by atoms with E-state index < -0.39 is 43.4 Å². The van der Waals surface area contributed by atoms with Crippen molar-refractivity contribution >= 4 is 29.4 Å². The SMILES string of the molecule is [2H]C([2H])([2H])Oc1cc(F)cc(C(CO)NC(=O)C(C)N2Cc3ccc(-c4nc(NC(C)CO)ncc4Cl)cc3C2=O)c1. The standard InChI is InChI=1S/C27H29ClFN5O5/c1-14(12-35)31-27-30-10-22(28)24(33-27)16-4-5-17-11-34(26(38)21(17)8-16)15(2)25(37)32-23(13-36)18-6-19(29)9-20(7-18)39-3/h4-10,14-15,23,35-36H,11-13H2,1-3H3,(H,32,37)(H,30,31,33)/i3D3. The summed E-state index contributed by atoms with van der Waals surface area (Å²) in [6.07, 6.45) is 1.42. The fourth-order valence-electron chi connectivity index (χ4n) is 4.20. The van der Waals surface area contributed by atoms with Crippen molar-refractivity contribution in [2.45, 2.75) is 38.5 Å². The molecular weight excluding hydrogens is 529 g/mol. The molecule has 2 aromatic carbocycles. The monoisotopic (exact) mass is 560 g/mol. The third-order valence-corrected chi connectivity index (χ3v) is 6.65. The summed E-state index contributed by atoms with van der Waals surface area (Å²) in [5, 5.41) is 25.0. The molecule has 1 aliphatic heterocycles. The maximum atomic E-state index is 14.2. The van der Waals surface area contributed by atoms with E-state index in [0.29, 0.717) is 22.4 Å². The number of aliphatic hydroxyl groups is 2. The Morgan fingerprint density at radius 1 is 1.26 bits per heavy atom. The van der Waals surface area contributed by atoms with Crippen LogP contribution < -0.4 is 15.4 Å². The zero-order chi connectivity index (χ0) is 30.8. The number of hydrogen-bond acceptors (Lipinski definition) is 8. The Morgan fingerprint density at radius 2 is 2.05 bits per heavy atom. The van der Waals surface area contributed by atoms with E-state index in [1.165, 1.54) is 24.1 Å². The van der Waals surface area contributed by atoms with Gasteiger partial charge >= 0.3 is 0 Å². The predicted molar refractivity (Wildman–Crippen MR) is 143 cm³/mol. The number of hydrogen-bond donors (Lipinski definition) is 4. The molecule has 4 N–H and O–H groups in total. The molecule has 4 rings (SSSR count). The van der Waals surface area contributed by atoms with Crippen molar-refractivity contribution < 1.29 is 33.0 Å². The Labute approximate surface area is 234 Å². The topological polar surface area (TPSA) is 137 Å². The van der Waals surface area contributed by atoms with Gasteiger partial charge in [-0.25, -0.2) is 14.4 Å². The molecule has 0 radical (unpaired) electrons. The van der Waals surface area contributed by atoms with Crippen molar-refractivity contribution in [3.8, 4) is 17.0 Å². The number of benzene rings is 2. The van der Waals surface area contributed by atoms with Crippen LogP contribution in [0.4, 0.5) is 10.3 Å². The number of methoxy groups -OCH3 is 1. The van der Waals surface area contributed by atoms with Crippen molar-refractivity contribution in [2.24, 2.45) is 0 Å². The molecule has 0 saturated carbocycles. The number of fused-ring (bicyclic) bond motifs is 1. The lowest BCUT2D eigenvalue weighted by molar-refractivity contribution is -0.126. The number of carbonyl (C=O) groups is 2. The highest BCUT2D eigenvalue weighted by Crippen LogP contribution is 2.32. The Bertz CT molecular complexity index is 1490. The number of aromatic nitrogens is 2. The number of nitrogens with zero attached hydrogens (tertiary/aromatic N) is 3. The second-order valence-corrected chi connectivity index (χ2v) is 9.57. The summed E-state index contributed by atoms with van der Waals surface area (Å²) in [4.78, 5) is 36.4. The number of carbonyl (C=O) groups excluding carboxylic acids is 2. The summed E-state index contributed by atoms with van der Waals surface area (Å²) in [7, 11) is -2.82. The Hall–Kier alpha value is -3.80. The predicted octanol–water partition coefficient (Wildman–Crippen LogP) is 2.93. The van der Waals surface area contributed by atoms with Gasteiger partial charge in [0.25, 0.3) is 5.91 Å². The molecule has 1 aromatic heterocycles. The van der Waals surface area contributed by atoms with Gasteiger partial charge in [0.05, 0.1) is 47.3 Å². The third kappa shape index (κ3) is 6.11. The summed E-state index contributed by atoms with van der Waals surface area (Å²) in [5.74, 6) is -1.88. The number of halogens is 2. The summed E-state index contributed by atoms with van der Waals surface area (Å²) in [6, 6.07) is 5.88. The fraction of sp³-hybridized carbons (Fsp3) is 0.333. The van der Waals surface area contributed by atoms with E-state index >= 15 is 0 Å². The zero-order valence-electron chi connectivity index (χ0n) is 24.1. The highest BCUT2D eigenvalue weighted by molar-refractivity contribution is 6.33. The quantitative estimate of drug-likeness (QED) is 0.297. The molecule has 0 aliphatic carbocycles. The first-order valence-electron chi connectivity index (χ1n) is 13.5. The summed E-state index contributed by atoms with van der Waals surface area (Å²) in [5.41, 5.74) is 2.05. The van der Waals surface area contributed by atoms with Gasteiger partial charge in [-0.1, -0.05) is 23.7 Å². The lowest BCUT2D eigenvalue weighted by Crippen LogP contribution is -2.46.